The molecule has 0 amide bonds. The quantitative estimate of drug-likeness (QED) is 0.639. The molecule has 7 heteroatoms. The molecular weight excluding hydrogens is 278 g/mol. The third-order valence-corrected chi connectivity index (χ3v) is 3.17. The highest BCUT2D eigenvalue weighted by Crippen LogP contribution is 2.22. The van der Waals surface area contributed by atoms with Gasteiger partial charge in [-0.2, -0.15) is 5.10 Å². The highest BCUT2D eigenvalue weighted by molar-refractivity contribution is 5.70. The van der Waals surface area contributed by atoms with Gasteiger partial charge in [0.15, 0.2) is 11.6 Å². The van der Waals surface area contributed by atoms with Gasteiger partial charge in [-0.25, -0.2) is 14.6 Å². The Morgan fingerprint density at radius 1 is 1.05 bits per heavy atom. The molecule has 112 valence electrons. The van der Waals surface area contributed by atoms with Gasteiger partial charge in [0, 0.05) is 5.69 Å². The normalized spacial score (nSPS) is 10.5. The Kier molecular flexibility index (Phi) is 3.61. The fourth-order valence-electron chi connectivity index (χ4n) is 2.15. The van der Waals surface area contributed by atoms with Crippen molar-refractivity contribution in [2.24, 2.45) is 0 Å². The Bertz CT molecular complexity index is 780. The highest BCUT2D eigenvalue weighted by Gasteiger charge is 2.12. The van der Waals surface area contributed by atoms with Crippen LogP contribution >= 0.6 is 0 Å². The molecule has 0 bridgehead atoms. The summed E-state index contributed by atoms with van der Waals surface area (Å²) in [5.41, 5.74) is 15.4. The van der Waals surface area contributed by atoms with Gasteiger partial charge in [-0.15, -0.1) is 0 Å². The van der Waals surface area contributed by atoms with Crippen molar-refractivity contribution in [3.63, 3.8) is 0 Å². The largest absolute Gasteiger partial charge is 0.393 e. The summed E-state index contributed by atoms with van der Waals surface area (Å²) >= 11 is 0. The third-order valence-electron chi connectivity index (χ3n) is 3.17. The number of nitrogens with one attached hydrogen (secondary N) is 2. The van der Waals surface area contributed by atoms with E-state index in [1.165, 1.54) is 6.33 Å². The molecule has 22 heavy (non-hydrogen) atoms. The van der Waals surface area contributed by atoms with Gasteiger partial charge >= 0.3 is 0 Å². The van der Waals surface area contributed by atoms with Gasteiger partial charge in [0.2, 0.25) is 0 Å². The van der Waals surface area contributed by atoms with Crippen molar-refractivity contribution in [2.45, 2.75) is 13.8 Å². The standard InChI is InChI=1S/C15H17N7/c1-10-8-11(2)22(21-10)15-13(16)14(17-9-18-15)20-19-12-6-4-3-5-7-12/h3-9,19H,16H2,1-2H3,(H,17,18,20). The predicted octanol–water partition coefficient (Wildman–Crippen LogP) is 2.30. The number of benzene rings is 1. The number of nitrogen functional groups attached to an aromatic ring is 1. The number of hydrogen-bond donors (Lipinski definition) is 3. The van der Waals surface area contributed by atoms with E-state index in [0.717, 1.165) is 17.1 Å². The maximum atomic E-state index is 6.17. The molecule has 0 spiro atoms. The molecule has 7 nitrogen and oxygen atoms in total. The smallest absolute Gasteiger partial charge is 0.182 e. The second-order valence-electron chi connectivity index (χ2n) is 4.91. The summed E-state index contributed by atoms with van der Waals surface area (Å²) in [7, 11) is 0. The fraction of sp³-hybridized carbons (Fsp3) is 0.133. The first kappa shape index (κ1) is 13.9. The van der Waals surface area contributed by atoms with Crippen LogP contribution < -0.4 is 16.6 Å². The SMILES string of the molecule is Cc1cc(C)n(-c2ncnc(NNc3ccccc3)c2N)n1. The number of rotatable bonds is 4. The predicted molar refractivity (Wildman–Crippen MR) is 86.7 cm³/mol. The van der Waals surface area contributed by atoms with Crippen molar-refractivity contribution in [2.75, 3.05) is 16.6 Å². The summed E-state index contributed by atoms with van der Waals surface area (Å²) in [4.78, 5) is 8.40. The molecule has 0 aliphatic heterocycles. The zero-order valence-corrected chi connectivity index (χ0v) is 12.4. The maximum absolute atomic E-state index is 6.17. The van der Waals surface area contributed by atoms with E-state index in [2.05, 4.69) is 25.9 Å². The summed E-state index contributed by atoms with van der Waals surface area (Å²) in [6.07, 6.45) is 1.46. The molecule has 1 aromatic carbocycles. The van der Waals surface area contributed by atoms with Crippen LogP contribution in [0, 0.1) is 13.8 Å². The van der Waals surface area contributed by atoms with E-state index in [-0.39, 0.29) is 0 Å². The first-order valence-corrected chi connectivity index (χ1v) is 6.86. The zero-order chi connectivity index (χ0) is 15.5. The summed E-state index contributed by atoms with van der Waals surface area (Å²) in [6.45, 7) is 3.88. The Morgan fingerprint density at radius 3 is 2.50 bits per heavy atom. The Morgan fingerprint density at radius 2 is 1.82 bits per heavy atom. The molecule has 3 aromatic rings. The third kappa shape index (κ3) is 2.69. The van der Waals surface area contributed by atoms with E-state index in [4.69, 9.17) is 5.73 Å². The van der Waals surface area contributed by atoms with Gasteiger partial charge in [0.25, 0.3) is 0 Å². The maximum Gasteiger partial charge on any atom is 0.182 e. The van der Waals surface area contributed by atoms with Gasteiger partial charge in [0.1, 0.15) is 12.0 Å². The lowest BCUT2D eigenvalue weighted by molar-refractivity contribution is 0.804. The molecule has 2 aromatic heterocycles. The van der Waals surface area contributed by atoms with Crippen LogP contribution in [-0.2, 0) is 0 Å². The van der Waals surface area contributed by atoms with Crippen molar-refractivity contribution < 1.29 is 0 Å². The van der Waals surface area contributed by atoms with E-state index >= 15 is 0 Å². The number of nitrogens with two attached hydrogens (primary N) is 1. The number of para-hydroxylation sites is 1. The Hall–Kier alpha value is -3.09. The van der Waals surface area contributed by atoms with Crippen LogP contribution in [0.2, 0.25) is 0 Å². The van der Waals surface area contributed by atoms with Crippen molar-refractivity contribution in [3.05, 3.63) is 54.1 Å². The van der Waals surface area contributed by atoms with Crippen LogP contribution in [0.25, 0.3) is 5.82 Å². The summed E-state index contributed by atoms with van der Waals surface area (Å²) in [6, 6.07) is 11.7. The molecule has 2 heterocycles. The van der Waals surface area contributed by atoms with Crippen LogP contribution in [0.1, 0.15) is 11.4 Å². The van der Waals surface area contributed by atoms with E-state index in [1.54, 1.807) is 4.68 Å². The lowest BCUT2D eigenvalue weighted by Gasteiger charge is -2.13. The molecule has 0 atom stereocenters. The van der Waals surface area contributed by atoms with Gasteiger partial charge < -0.3 is 5.73 Å². The topological polar surface area (TPSA) is 93.7 Å². The molecule has 0 radical (unpaired) electrons. The van der Waals surface area contributed by atoms with Crippen LogP contribution in [0.4, 0.5) is 17.2 Å². The number of nitrogens with zero attached hydrogens (tertiary/aromatic N) is 4. The monoisotopic (exact) mass is 295 g/mol. The molecule has 0 saturated heterocycles. The summed E-state index contributed by atoms with van der Waals surface area (Å²) in [5.74, 6) is 1.05. The van der Waals surface area contributed by atoms with Crippen molar-refractivity contribution in [3.8, 4) is 5.82 Å². The average molecular weight is 295 g/mol. The highest BCUT2D eigenvalue weighted by atomic mass is 15.4. The van der Waals surface area contributed by atoms with Gasteiger partial charge in [-0.3, -0.25) is 10.9 Å². The van der Waals surface area contributed by atoms with Crippen molar-refractivity contribution in [1.82, 2.24) is 19.7 Å². The second kappa shape index (κ2) is 5.72. The van der Waals surface area contributed by atoms with Gasteiger partial charge in [-0.1, -0.05) is 18.2 Å². The summed E-state index contributed by atoms with van der Waals surface area (Å²) in [5, 5.41) is 4.40. The molecule has 0 unspecified atom stereocenters. The Balaban J connectivity index is 1.88. The first-order valence-electron chi connectivity index (χ1n) is 6.86. The molecule has 0 fully saturated rings. The lowest BCUT2D eigenvalue weighted by Crippen LogP contribution is -2.15. The number of anilines is 3. The van der Waals surface area contributed by atoms with Crippen LogP contribution in [0.5, 0.6) is 0 Å². The van der Waals surface area contributed by atoms with E-state index in [0.29, 0.717) is 17.3 Å². The minimum atomic E-state index is 0.428. The zero-order valence-electron chi connectivity index (χ0n) is 12.4. The minimum Gasteiger partial charge on any atom is -0.393 e. The van der Waals surface area contributed by atoms with Crippen molar-refractivity contribution in [1.29, 1.82) is 0 Å². The number of hydrazine groups is 1. The van der Waals surface area contributed by atoms with E-state index < -0.39 is 0 Å². The van der Waals surface area contributed by atoms with Gasteiger partial charge in [0.05, 0.1) is 11.4 Å². The average Bonchev–Trinajstić information content (AvgIpc) is 2.86. The van der Waals surface area contributed by atoms with Crippen LogP contribution in [-0.4, -0.2) is 19.7 Å². The fourth-order valence-corrected chi connectivity index (χ4v) is 2.15. The Labute approximate surface area is 128 Å². The van der Waals surface area contributed by atoms with Crippen molar-refractivity contribution >= 4 is 17.2 Å². The number of hydrogen-bond acceptors (Lipinski definition) is 6. The minimum absolute atomic E-state index is 0.428. The van der Waals surface area contributed by atoms with Crippen LogP contribution in [0.3, 0.4) is 0 Å². The summed E-state index contributed by atoms with van der Waals surface area (Å²) < 4.78 is 1.71. The molecular formula is C15H17N7. The molecule has 4 N–H and O–H groups in total. The molecule has 0 aliphatic carbocycles. The van der Waals surface area contributed by atoms with E-state index in [9.17, 15) is 0 Å². The number of aromatic nitrogens is 4. The van der Waals surface area contributed by atoms with Crippen LogP contribution in [0.15, 0.2) is 42.7 Å². The second-order valence-corrected chi connectivity index (χ2v) is 4.91. The lowest BCUT2D eigenvalue weighted by atomic mass is 10.3. The number of aryl methyl sites for hydroxylation is 2. The molecule has 0 saturated carbocycles. The van der Waals surface area contributed by atoms with E-state index in [1.807, 2.05) is 50.2 Å². The first-order chi connectivity index (χ1) is 10.6. The van der Waals surface area contributed by atoms with Gasteiger partial charge in [-0.05, 0) is 32.0 Å². The molecule has 3 rings (SSSR count). The molecule has 0 aliphatic rings.